The maximum Gasteiger partial charge on any atom is 0.261 e. The van der Waals surface area contributed by atoms with E-state index in [9.17, 15) is 13.2 Å². The van der Waals surface area contributed by atoms with E-state index < -0.39 is 10.0 Å². The molecule has 1 saturated heterocycles. The fraction of sp³-hybridized carbons (Fsp3) is 0.240. The number of carbonyl (C=O) groups is 1. The molecule has 1 aliphatic heterocycles. The first kappa shape index (κ1) is 21.9. The molecular weight excluding hydrogens is 422 g/mol. The van der Waals surface area contributed by atoms with Crippen molar-refractivity contribution in [1.82, 2.24) is 5.32 Å². The molecule has 166 valence electrons. The van der Waals surface area contributed by atoms with Crippen LogP contribution in [0.25, 0.3) is 0 Å². The summed E-state index contributed by atoms with van der Waals surface area (Å²) in [6.45, 7) is 2.60. The molecule has 0 bridgehead atoms. The van der Waals surface area contributed by atoms with Crippen LogP contribution >= 0.6 is 0 Å². The van der Waals surface area contributed by atoms with Gasteiger partial charge in [-0.25, -0.2) is 8.42 Å². The van der Waals surface area contributed by atoms with Crippen molar-refractivity contribution < 1.29 is 13.2 Å². The van der Waals surface area contributed by atoms with Crippen LogP contribution in [0.3, 0.4) is 0 Å². The first-order valence-corrected chi connectivity index (χ1v) is 12.3. The quantitative estimate of drug-likeness (QED) is 0.560. The summed E-state index contributed by atoms with van der Waals surface area (Å²) in [6, 6.07) is 22.9. The highest BCUT2D eigenvalue weighted by Gasteiger charge is 2.15. The molecule has 0 radical (unpaired) electrons. The Balaban J connectivity index is 1.37. The highest BCUT2D eigenvalue weighted by atomic mass is 32.2. The molecule has 7 heteroatoms. The number of amides is 1. The van der Waals surface area contributed by atoms with Crippen LogP contribution in [0, 0.1) is 0 Å². The fourth-order valence-corrected chi connectivity index (χ4v) is 4.87. The van der Waals surface area contributed by atoms with Crippen LogP contribution in [-0.2, 0) is 16.6 Å². The molecule has 0 aliphatic carbocycles. The Morgan fingerprint density at radius 1 is 0.844 bits per heavy atom. The lowest BCUT2D eigenvalue weighted by Crippen LogP contribution is -2.29. The SMILES string of the molecule is O=C(NCc1ccc(N2CCCCC2)cc1)c1cccc(NS(=O)(=O)c2ccccc2)c1. The second-order valence-electron chi connectivity index (χ2n) is 7.90. The molecule has 2 N–H and O–H groups in total. The van der Waals surface area contributed by atoms with Crippen molar-refractivity contribution in [2.75, 3.05) is 22.7 Å². The summed E-state index contributed by atoms with van der Waals surface area (Å²) in [4.78, 5) is 15.2. The number of sulfonamides is 1. The fourth-order valence-electron chi connectivity index (χ4n) is 3.80. The number of hydrogen-bond acceptors (Lipinski definition) is 4. The topological polar surface area (TPSA) is 78.5 Å². The van der Waals surface area contributed by atoms with E-state index in [0.29, 0.717) is 17.8 Å². The smallest absolute Gasteiger partial charge is 0.261 e. The Morgan fingerprint density at radius 2 is 1.56 bits per heavy atom. The first-order chi connectivity index (χ1) is 15.5. The summed E-state index contributed by atoms with van der Waals surface area (Å²) in [6.07, 6.45) is 3.77. The molecule has 0 spiro atoms. The van der Waals surface area contributed by atoms with Gasteiger partial charge in [0, 0.05) is 36.6 Å². The molecule has 3 aromatic rings. The molecule has 6 nitrogen and oxygen atoms in total. The van der Waals surface area contributed by atoms with E-state index in [1.807, 2.05) is 12.1 Å². The normalized spacial score (nSPS) is 14.1. The van der Waals surface area contributed by atoms with Crippen LogP contribution < -0.4 is 14.9 Å². The van der Waals surface area contributed by atoms with Crippen LogP contribution in [0.2, 0.25) is 0 Å². The van der Waals surface area contributed by atoms with Crippen molar-refractivity contribution >= 4 is 27.3 Å². The van der Waals surface area contributed by atoms with Gasteiger partial charge in [0.25, 0.3) is 15.9 Å². The second-order valence-corrected chi connectivity index (χ2v) is 9.58. The molecule has 4 rings (SSSR count). The van der Waals surface area contributed by atoms with Crippen molar-refractivity contribution in [1.29, 1.82) is 0 Å². The Kier molecular flexibility index (Phi) is 6.75. The summed E-state index contributed by atoms with van der Waals surface area (Å²) in [7, 11) is -3.71. The molecule has 1 fully saturated rings. The summed E-state index contributed by atoms with van der Waals surface area (Å²) < 4.78 is 27.6. The molecule has 1 heterocycles. The third kappa shape index (κ3) is 5.48. The largest absolute Gasteiger partial charge is 0.372 e. The predicted molar refractivity (Wildman–Crippen MR) is 127 cm³/mol. The number of nitrogens with zero attached hydrogens (tertiary/aromatic N) is 1. The minimum Gasteiger partial charge on any atom is -0.372 e. The summed E-state index contributed by atoms with van der Waals surface area (Å²) in [5.41, 5.74) is 2.97. The number of benzene rings is 3. The van der Waals surface area contributed by atoms with Crippen molar-refractivity contribution in [3.63, 3.8) is 0 Å². The van der Waals surface area contributed by atoms with Gasteiger partial charge >= 0.3 is 0 Å². The van der Waals surface area contributed by atoms with Gasteiger partial charge in [0.1, 0.15) is 0 Å². The average molecular weight is 450 g/mol. The van der Waals surface area contributed by atoms with Crippen LogP contribution in [0.1, 0.15) is 35.2 Å². The summed E-state index contributed by atoms with van der Waals surface area (Å²) in [5, 5.41) is 2.91. The number of hydrogen-bond donors (Lipinski definition) is 2. The van der Waals surface area contributed by atoms with Crippen LogP contribution in [-0.4, -0.2) is 27.4 Å². The number of nitrogens with one attached hydrogen (secondary N) is 2. The molecule has 0 atom stereocenters. The zero-order valence-electron chi connectivity index (χ0n) is 17.8. The Hall–Kier alpha value is -3.32. The number of rotatable bonds is 7. The van der Waals surface area contributed by atoms with E-state index in [0.717, 1.165) is 18.7 Å². The minimum absolute atomic E-state index is 0.169. The van der Waals surface area contributed by atoms with Crippen molar-refractivity contribution in [2.45, 2.75) is 30.7 Å². The standard InChI is InChI=1S/C25H27N3O3S/c29-25(26-19-20-12-14-23(15-13-20)28-16-5-2-6-17-28)21-8-7-9-22(18-21)27-32(30,31)24-10-3-1-4-11-24/h1,3-4,7-15,18,27H,2,5-6,16-17,19H2,(H,26,29). The number of carbonyl (C=O) groups excluding carboxylic acids is 1. The Bertz CT molecular complexity index is 1160. The van der Waals surface area contributed by atoms with E-state index >= 15 is 0 Å². The maximum atomic E-state index is 12.6. The lowest BCUT2D eigenvalue weighted by Gasteiger charge is -2.28. The third-order valence-corrected chi connectivity index (χ3v) is 6.94. The molecule has 0 aromatic heterocycles. The van der Waals surface area contributed by atoms with Gasteiger partial charge in [0.2, 0.25) is 0 Å². The molecular formula is C25H27N3O3S. The van der Waals surface area contributed by atoms with Crippen molar-refractivity contribution in [3.05, 3.63) is 90.0 Å². The van der Waals surface area contributed by atoms with Crippen molar-refractivity contribution in [2.24, 2.45) is 0 Å². The van der Waals surface area contributed by atoms with Gasteiger partial charge < -0.3 is 10.2 Å². The monoisotopic (exact) mass is 449 g/mol. The third-order valence-electron chi connectivity index (χ3n) is 5.54. The maximum absolute atomic E-state index is 12.6. The summed E-state index contributed by atoms with van der Waals surface area (Å²) in [5.74, 6) is -0.258. The number of anilines is 2. The van der Waals surface area contributed by atoms with E-state index in [1.54, 1.807) is 36.4 Å². The second kappa shape index (κ2) is 9.87. The van der Waals surface area contributed by atoms with Gasteiger partial charge in [-0.05, 0) is 67.3 Å². The van der Waals surface area contributed by atoms with Gasteiger partial charge in [0.15, 0.2) is 0 Å². The highest BCUT2D eigenvalue weighted by Crippen LogP contribution is 2.20. The number of piperidine rings is 1. The van der Waals surface area contributed by atoms with Crippen LogP contribution in [0.15, 0.2) is 83.8 Å². The molecule has 1 amide bonds. The minimum atomic E-state index is -3.71. The Labute approximate surface area is 189 Å². The molecule has 0 saturated carbocycles. The van der Waals surface area contributed by atoms with Crippen molar-refractivity contribution in [3.8, 4) is 0 Å². The van der Waals surface area contributed by atoms with Gasteiger partial charge in [-0.2, -0.15) is 0 Å². The predicted octanol–water partition coefficient (Wildman–Crippen LogP) is 4.41. The lowest BCUT2D eigenvalue weighted by atomic mass is 10.1. The van der Waals surface area contributed by atoms with E-state index in [-0.39, 0.29) is 10.8 Å². The molecule has 0 unspecified atom stereocenters. The first-order valence-electron chi connectivity index (χ1n) is 10.8. The van der Waals surface area contributed by atoms with Gasteiger partial charge in [0.05, 0.1) is 4.90 Å². The molecule has 1 aliphatic rings. The van der Waals surface area contributed by atoms with E-state index in [2.05, 4.69) is 27.1 Å². The van der Waals surface area contributed by atoms with Gasteiger partial charge in [-0.15, -0.1) is 0 Å². The molecule has 3 aromatic carbocycles. The Morgan fingerprint density at radius 3 is 2.28 bits per heavy atom. The zero-order chi connectivity index (χ0) is 22.4. The van der Waals surface area contributed by atoms with E-state index in [4.69, 9.17) is 0 Å². The zero-order valence-corrected chi connectivity index (χ0v) is 18.6. The highest BCUT2D eigenvalue weighted by molar-refractivity contribution is 7.92. The van der Waals surface area contributed by atoms with E-state index in [1.165, 1.54) is 43.1 Å². The average Bonchev–Trinajstić information content (AvgIpc) is 2.84. The van der Waals surface area contributed by atoms with Crippen LogP contribution in [0.4, 0.5) is 11.4 Å². The summed E-state index contributed by atoms with van der Waals surface area (Å²) >= 11 is 0. The van der Waals surface area contributed by atoms with Gasteiger partial charge in [-0.3, -0.25) is 9.52 Å². The lowest BCUT2D eigenvalue weighted by molar-refractivity contribution is 0.0951. The molecule has 32 heavy (non-hydrogen) atoms. The van der Waals surface area contributed by atoms with Gasteiger partial charge in [-0.1, -0.05) is 36.4 Å². The van der Waals surface area contributed by atoms with Crippen LogP contribution in [0.5, 0.6) is 0 Å².